The summed E-state index contributed by atoms with van der Waals surface area (Å²) in [6.07, 6.45) is 2.18. The molecule has 1 aromatic rings. The van der Waals surface area contributed by atoms with Gasteiger partial charge in [-0.1, -0.05) is 32.9 Å². The Hall–Kier alpha value is -0.870. The van der Waals surface area contributed by atoms with E-state index in [1.165, 1.54) is 7.05 Å². The Morgan fingerprint density at radius 3 is 2.46 bits per heavy atom. The van der Waals surface area contributed by atoms with Crippen LogP contribution in [-0.4, -0.2) is 34.5 Å². The highest BCUT2D eigenvalue weighted by Crippen LogP contribution is 2.21. The van der Waals surface area contributed by atoms with Gasteiger partial charge in [0, 0.05) is 19.6 Å². The zero-order chi connectivity index (χ0) is 19.1. The molecule has 0 aliphatic heterocycles. The van der Waals surface area contributed by atoms with Crippen molar-refractivity contribution in [1.29, 1.82) is 0 Å². The second-order valence-electron chi connectivity index (χ2n) is 7.43. The Labute approximate surface area is 175 Å². The lowest BCUT2D eigenvalue weighted by molar-refractivity contribution is 0.346. The third-order valence-electron chi connectivity index (χ3n) is 3.87. The minimum absolute atomic E-state index is 0. The van der Waals surface area contributed by atoms with E-state index in [9.17, 15) is 8.42 Å². The van der Waals surface area contributed by atoms with Crippen LogP contribution in [0.1, 0.15) is 46.1 Å². The number of nitrogens with zero attached hydrogens (tertiary/aromatic N) is 1. The maximum absolute atomic E-state index is 11.9. The molecule has 0 aromatic heterocycles. The highest BCUT2D eigenvalue weighted by molar-refractivity contribution is 14.0. The number of halogens is 1. The molecule has 6 nitrogen and oxygen atoms in total. The number of aliphatic imine (C=N–C) groups is 1. The molecule has 1 aromatic carbocycles. The standard InChI is InChI=1S/C18H32N4O2S.HI/c1-14(10-11-18(2,3)4)22-17(19-5)21-13-15-8-7-9-16(12-15)25(23,24)20-6;/h7-9,12,14,20H,10-11,13H2,1-6H3,(H2,19,21,22);1H. The van der Waals surface area contributed by atoms with E-state index in [1.807, 2.05) is 6.07 Å². The molecule has 0 saturated heterocycles. The first-order valence-corrected chi connectivity index (χ1v) is 10.1. The fourth-order valence-corrected chi connectivity index (χ4v) is 3.08. The summed E-state index contributed by atoms with van der Waals surface area (Å²) in [5, 5.41) is 6.61. The zero-order valence-electron chi connectivity index (χ0n) is 16.6. The lowest BCUT2D eigenvalue weighted by atomic mass is 9.89. The lowest BCUT2D eigenvalue weighted by Crippen LogP contribution is -2.42. The third kappa shape index (κ3) is 9.18. The van der Waals surface area contributed by atoms with Crippen LogP contribution in [-0.2, 0) is 16.6 Å². The Kier molecular flexibility index (Phi) is 10.7. The molecule has 0 bridgehead atoms. The fraction of sp³-hybridized carbons (Fsp3) is 0.611. The number of benzene rings is 1. The maximum Gasteiger partial charge on any atom is 0.240 e. The molecule has 8 heteroatoms. The minimum atomic E-state index is -3.43. The number of rotatable bonds is 7. The Morgan fingerprint density at radius 2 is 1.92 bits per heavy atom. The van der Waals surface area contributed by atoms with Crippen molar-refractivity contribution < 1.29 is 8.42 Å². The molecule has 150 valence electrons. The predicted molar refractivity (Wildman–Crippen MR) is 120 cm³/mol. The Morgan fingerprint density at radius 1 is 1.27 bits per heavy atom. The summed E-state index contributed by atoms with van der Waals surface area (Å²) in [6, 6.07) is 7.18. The summed E-state index contributed by atoms with van der Waals surface area (Å²) >= 11 is 0. The second-order valence-corrected chi connectivity index (χ2v) is 9.31. The van der Waals surface area contributed by atoms with Crippen LogP contribution in [0, 0.1) is 5.41 Å². The van der Waals surface area contributed by atoms with Crippen LogP contribution >= 0.6 is 24.0 Å². The van der Waals surface area contributed by atoms with Crippen molar-refractivity contribution in [3.63, 3.8) is 0 Å². The van der Waals surface area contributed by atoms with Gasteiger partial charge in [-0.3, -0.25) is 4.99 Å². The summed E-state index contributed by atoms with van der Waals surface area (Å²) < 4.78 is 26.1. The van der Waals surface area contributed by atoms with Crippen molar-refractivity contribution in [2.45, 2.75) is 58.0 Å². The fourth-order valence-electron chi connectivity index (χ4n) is 2.28. The van der Waals surface area contributed by atoms with E-state index in [0.29, 0.717) is 24.0 Å². The van der Waals surface area contributed by atoms with E-state index in [1.54, 1.807) is 25.2 Å². The van der Waals surface area contributed by atoms with Crippen LogP contribution in [0.25, 0.3) is 0 Å². The average molecular weight is 496 g/mol. The van der Waals surface area contributed by atoms with Crippen molar-refractivity contribution in [3.05, 3.63) is 29.8 Å². The first-order chi connectivity index (χ1) is 11.6. The van der Waals surface area contributed by atoms with Crippen LogP contribution in [0.2, 0.25) is 0 Å². The summed E-state index contributed by atoms with van der Waals surface area (Å²) in [6.45, 7) is 9.34. The first kappa shape index (κ1) is 25.1. The molecule has 0 fully saturated rings. The lowest BCUT2D eigenvalue weighted by Gasteiger charge is -2.23. The number of hydrogen-bond acceptors (Lipinski definition) is 3. The molecule has 1 atom stereocenters. The van der Waals surface area contributed by atoms with Crippen molar-refractivity contribution in [3.8, 4) is 0 Å². The number of sulfonamides is 1. The van der Waals surface area contributed by atoms with Gasteiger partial charge in [0.2, 0.25) is 10.0 Å². The SMILES string of the molecule is CN=C(NCc1cccc(S(=O)(=O)NC)c1)NC(C)CCC(C)(C)C.I. The van der Waals surface area contributed by atoms with Gasteiger partial charge in [0.1, 0.15) is 0 Å². The molecule has 0 amide bonds. The van der Waals surface area contributed by atoms with Gasteiger partial charge in [0.15, 0.2) is 5.96 Å². The van der Waals surface area contributed by atoms with Crippen LogP contribution in [0.4, 0.5) is 0 Å². The zero-order valence-corrected chi connectivity index (χ0v) is 19.7. The van der Waals surface area contributed by atoms with E-state index in [-0.39, 0.29) is 28.9 Å². The molecule has 0 saturated carbocycles. The molecular weight excluding hydrogens is 463 g/mol. The average Bonchev–Trinajstić information content (AvgIpc) is 2.56. The molecule has 0 aliphatic carbocycles. The van der Waals surface area contributed by atoms with Gasteiger partial charge in [-0.05, 0) is 49.9 Å². The highest BCUT2D eigenvalue weighted by atomic mass is 127. The van der Waals surface area contributed by atoms with E-state index in [2.05, 4.69) is 48.0 Å². The van der Waals surface area contributed by atoms with Gasteiger partial charge in [-0.25, -0.2) is 13.1 Å². The van der Waals surface area contributed by atoms with Gasteiger partial charge in [0.25, 0.3) is 0 Å². The third-order valence-corrected chi connectivity index (χ3v) is 5.28. The normalized spacial score (nSPS) is 13.7. The maximum atomic E-state index is 11.9. The largest absolute Gasteiger partial charge is 0.354 e. The molecule has 0 spiro atoms. The van der Waals surface area contributed by atoms with Gasteiger partial charge in [-0.2, -0.15) is 0 Å². The van der Waals surface area contributed by atoms with Crippen molar-refractivity contribution in [2.24, 2.45) is 10.4 Å². The van der Waals surface area contributed by atoms with Gasteiger partial charge >= 0.3 is 0 Å². The van der Waals surface area contributed by atoms with E-state index in [4.69, 9.17) is 0 Å². The summed E-state index contributed by atoms with van der Waals surface area (Å²) in [4.78, 5) is 4.50. The second kappa shape index (κ2) is 11.1. The monoisotopic (exact) mass is 496 g/mol. The topological polar surface area (TPSA) is 82.6 Å². The van der Waals surface area contributed by atoms with Crippen LogP contribution in [0.15, 0.2) is 34.2 Å². The molecule has 1 unspecified atom stereocenters. The molecule has 0 aliphatic rings. The summed E-state index contributed by atoms with van der Waals surface area (Å²) in [5.41, 5.74) is 1.19. The van der Waals surface area contributed by atoms with Gasteiger partial charge in [0.05, 0.1) is 4.90 Å². The van der Waals surface area contributed by atoms with Crippen LogP contribution in [0.5, 0.6) is 0 Å². The van der Waals surface area contributed by atoms with Crippen LogP contribution < -0.4 is 15.4 Å². The Bertz CT molecular complexity index is 685. The number of nitrogens with one attached hydrogen (secondary N) is 3. The van der Waals surface area contributed by atoms with E-state index in [0.717, 1.165) is 18.4 Å². The van der Waals surface area contributed by atoms with Gasteiger partial charge in [-0.15, -0.1) is 24.0 Å². The summed E-state index contributed by atoms with van der Waals surface area (Å²) in [5.74, 6) is 0.711. The quantitative estimate of drug-likeness (QED) is 0.308. The van der Waals surface area contributed by atoms with E-state index >= 15 is 0 Å². The smallest absolute Gasteiger partial charge is 0.240 e. The Balaban J connectivity index is 0.00000625. The molecular formula is C18H33IN4O2S. The molecule has 1 rings (SSSR count). The molecule has 3 N–H and O–H groups in total. The summed E-state index contributed by atoms with van der Waals surface area (Å²) in [7, 11) is -0.291. The molecule has 0 radical (unpaired) electrons. The first-order valence-electron chi connectivity index (χ1n) is 8.57. The van der Waals surface area contributed by atoms with Crippen LogP contribution in [0.3, 0.4) is 0 Å². The molecule has 0 heterocycles. The van der Waals surface area contributed by atoms with Crippen molar-refractivity contribution in [2.75, 3.05) is 14.1 Å². The highest BCUT2D eigenvalue weighted by Gasteiger charge is 2.14. The number of hydrogen-bond donors (Lipinski definition) is 3. The van der Waals surface area contributed by atoms with Crippen molar-refractivity contribution in [1.82, 2.24) is 15.4 Å². The minimum Gasteiger partial charge on any atom is -0.354 e. The van der Waals surface area contributed by atoms with E-state index < -0.39 is 10.0 Å². The van der Waals surface area contributed by atoms with Gasteiger partial charge < -0.3 is 10.6 Å². The molecule has 26 heavy (non-hydrogen) atoms. The predicted octanol–water partition coefficient (Wildman–Crippen LogP) is 3.09. The number of guanidine groups is 1. The van der Waals surface area contributed by atoms with Crippen molar-refractivity contribution >= 4 is 40.0 Å².